The smallest absolute Gasteiger partial charge is 0.410 e. The zero-order valence-corrected chi connectivity index (χ0v) is 10.6. The van der Waals surface area contributed by atoms with E-state index in [-0.39, 0.29) is 24.0 Å². The van der Waals surface area contributed by atoms with E-state index < -0.39 is 5.60 Å². The van der Waals surface area contributed by atoms with Gasteiger partial charge in [0.15, 0.2) is 0 Å². The van der Waals surface area contributed by atoms with Crippen LogP contribution in [0.25, 0.3) is 0 Å². The van der Waals surface area contributed by atoms with Crippen LogP contribution in [0.2, 0.25) is 0 Å². The van der Waals surface area contributed by atoms with Gasteiger partial charge in [0.05, 0.1) is 25.3 Å². The number of hydrogen-bond donors (Lipinski definition) is 0. The maximum atomic E-state index is 12.1. The van der Waals surface area contributed by atoms with Crippen molar-refractivity contribution in [3.63, 3.8) is 0 Å². The number of piperidine rings is 1. The highest BCUT2D eigenvalue weighted by Gasteiger charge is 2.42. The Labute approximate surface area is 101 Å². The quantitative estimate of drug-likeness (QED) is 0.642. The molecule has 0 aromatic heterocycles. The molecule has 2 bridgehead atoms. The predicted molar refractivity (Wildman–Crippen MR) is 60.7 cm³/mol. The number of fused-ring (bicyclic) bond motifs is 2. The van der Waals surface area contributed by atoms with Crippen molar-refractivity contribution >= 4 is 11.9 Å². The summed E-state index contributed by atoms with van der Waals surface area (Å²) in [6.45, 7) is 6.38. The van der Waals surface area contributed by atoms with Crippen molar-refractivity contribution in [1.29, 1.82) is 0 Å². The van der Waals surface area contributed by atoms with E-state index in [9.17, 15) is 9.59 Å². The van der Waals surface area contributed by atoms with Gasteiger partial charge < -0.3 is 9.47 Å². The van der Waals surface area contributed by atoms with Crippen LogP contribution in [-0.4, -0.2) is 47.7 Å². The number of amides is 1. The van der Waals surface area contributed by atoms with Gasteiger partial charge >= 0.3 is 6.09 Å². The minimum Gasteiger partial charge on any atom is -0.444 e. The minimum atomic E-state index is -0.506. The summed E-state index contributed by atoms with van der Waals surface area (Å²) in [6.07, 6.45) is 0.439. The van der Waals surface area contributed by atoms with E-state index in [1.807, 2.05) is 20.8 Å². The Hall–Kier alpha value is -1.10. The first-order valence-electron chi connectivity index (χ1n) is 5.97. The van der Waals surface area contributed by atoms with Crippen LogP contribution in [-0.2, 0) is 14.3 Å². The molecule has 0 aromatic carbocycles. The molecule has 2 atom stereocenters. The van der Waals surface area contributed by atoms with Gasteiger partial charge in [-0.3, -0.25) is 9.69 Å². The highest BCUT2D eigenvalue weighted by Crippen LogP contribution is 2.27. The number of ketones is 1. The van der Waals surface area contributed by atoms with Gasteiger partial charge in [-0.1, -0.05) is 0 Å². The molecule has 96 valence electrons. The van der Waals surface area contributed by atoms with Crippen LogP contribution in [0.1, 0.15) is 33.6 Å². The lowest BCUT2D eigenvalue weighted by Gasteiger charge is -2.44. The van der Waals surface area contributed by atoms with Gasteiger partial charge in [0.2, 0.25) is 0 Å². The summed E-state index contributed by atoms with van der Waals surface area (Å²) >= 11 is 0. The summed E-state index contributed by atoms with van der Waals surface area (Å²) in [5.74, 6) is 0.211. The molecule has 2 rings (SSSR count). The number of carbonyl (C=O) groups excluding carboxylic acids is 2. The molecule has 2 saturated heterocycles. The summed E-state index contributed by atoms with van der Waals surface area (Å²) in [7, 11) is 0. The maximum Gasteiger partial charge on any atom is 0.410 e. The summed E-state index contributed by atoms with van der Waals surface area (Å²) in [4.78, 5) is 25.3. The number of nitrogens with zero attached hydrogens (tertiary/aromatic N) is 1. The van der Waals surface area contributed by atoms with E-state index in [0.717, 1.165) is 0 Å². The van der Waals surface area contributed by atoms with Crippen molar-refractivity contribution < 1.29 is 19.1 Å². The van der Waals surface area contributed by atoms with E-state index in [0.29, 0.717) is 26.1 Å². The Bertz CT molecular complexity index is 318. The van der Waals surface area contributed by atoms with Gasteiger partial charge in [0.1, 0.15) is 11.4 Å². The molecule has 1 unspecified atom stereocenters. The van der Waals surface area contributed by atoms with Gasteiger partial charge in [-0.25, -0.2) is 4.79 Å². The largest absolute Gasteiger partial charge is 0.444 e. The molecule has 1 amide bonds. The van der Waals surface area contributed by atoms with Crippen LogP contribution in [0.5, 0.6) is 0 Å². The lowest BCUT2D eigenvalue weighted by molar-refractivity contribution is -0.134. The fourth-order valence-electron chi connectivity index (χ4n) is 2.34. The van der Waals surface area contributed by atoms with Gasteiger partial charge in [-0.05, 0) is 20.8 Å². The third-order valence-electron chi connectivity index (χ3n) is 2.94. The molecule has 2 aliphatic rings. The first-order valence-corrected chi connectivity index (χ1v) is 5.97. The predicted octanol–water partition coefficient (Wildman–Crippen LogP) is 1.35. The third kappa shape index (κ3) is 2.77. The van der Waals surface area contributed by atoms with E-state index in [4.69, 9.17) is 9.47 Å². The molecule has 0 N–H and O–H groups in total. The molecule has 2 fully saturated rings. The fourth-order valence-corrected chi connectivity index (χ4v) is 2.34. The third-order valence-corrected chi connectivity index (χ3v) is 2.94. The highest BCUT2D eigenvalue weighted by atomic mass is 16.6. The van der Waals surface area contributed by atoms with Crippen molar-refractivity contribution in [2.45, 2.75) is 51.3 Å². The van der Waals surface area contributed by atoms with Gasteiger partial charge in [0, 0.05) is 12.8 Å². The van der Waals surface area contributed by atoms with Gasteiger partial charge in [-0.15, -0.1) is 0 Å². The van der Waals surface area contributed by atoms with E-state index in [1.54, 1.807) is 4.90 Å². The number of hydrogen-bond acceptors (Lipinski definition) is 4. The summed E-state index contributed by atoms with van der Waals surface area (Å²) in [5.41, 5.74) is -0.506. The van der Waals surface area contributed by atoms with Gasteiger partial charge in [0.25, 0.3) is 0 Å². The number of rotatable bonds is 0. The van der Waals surface area contributed by atoms with Crippen LogP contribution in [0.4, 0.5) is 4.79 Å². The van der Waals surface area contributed by atoms with Crippen LogP contribution >= 0.6 is 0 Å². The monoisotopic (exact) mass is 241 g/mol. The second-order valence-electron chi connectivity index (χ2n) is 5.68. The zero-order valence-electron chi connectivity index (χ0n) is 10.6. The average Bonchev–Trinajstić information content (AvgIpc) is 2.12. The topological polar surface area (TPSA) is 55.8 Å². The molecule has 5 nitrogen and oxygen atoms in total. The molecule has 0 radical (unpaired) electrons. The van der Waals surface area contributed by atoms with Crippen molar-refractivity contribution in [3.05, 3.63) is 0 Å². The standard InChI is InChI=1S/C12H19NO4/c1-12(2,3)17-11(15)13-8-4-10(14)5-9(13)7-16-6-8/h8-9H,4-7H2,1-3H3/t8-,9?/m1/s1. The van der Waals surface area contributed by atoms with Crippen molar-refractivity contribution in [3.8, 4) is 0 Å². The van der Waals surface area contributed by atoms with Crippen LogP contribution in [0.15, 0.2) is 0 Å². The maximum absolute atomic E-state index is 12.1. The Morgan fingerprint density at radius 3 is 2.29 bits per heavy atom. The molecule has 0 saturated carbocycles. The number of Topliss-reactive ketones (excluding diaryl/α,β-unsaturated/α-hetero) is 1. The molecule has 0 spiro atoms. The lowest BCUT2D eigenvalue weighted by Crippen LogP contribution is -2.60. The lowest BCUT2D eigenvalue weighted by atomic mass is 9.94. The van der Waals surface area contributed by atoms with Crippen LogP contribution < -0.4 is 0 Å². The summed E-state index contributed by atoms with van der Waals surface area (Å²) in [6, 6.07) is -0.297. The molecule has 5 heteroatoms. The van der Waals surface area contributed by atoms with Crippen molar-refractivity contribution in [1.82, 2.24) is 4.90 Å². The second kappa shape index (κ2) is 4.29. The number of morpholine rings is 1. The molecule has 2 heterocycles. The minimum absolute atomic E-state index is 0.148. The number of ether oxygens (including phenoxy) is 2. The first-order chi connectivity index (χ1) is 7.87. The zero-order chi connectivity index (χ0) is 12.6. The molecule has 2 aliphatic heterocycles. The molecule has 0 aliphatic carbocycles. The molecule has 0 aromatic rings. The molecular weight excluding hydrogens is 222 g/mol. The molecular formula is C12H19NO4. The normalized spacial score (nSPS) is 29.1. The summed E-state index contributed by atoms with van der Waals surface area (Å²) in [5, 5.41) is 0. The Kier molecular flexibility index (Phi) is 3.12. The molecule has 17 heavy (non-hydrogen) atoms. The highest BCUT2D eigenvalue weighted by molar-refractivity contribution is 5.83. The fraction of sp³-hybridized carbons (Fsp3) is 0.833. The Balaban J connectivity index is 2.09. The summed E-state index contributed by atoms with van der Waals surface area (Å²) < 4.78 is 10.8. The van der Waals surface area contributed by atoms with Crippen molar-refractivity contribution in [2.24, 2.45) is 0 Å². The van der Waals surface area contributed by atoms with E-state index >= 15 is 0 Å². The van der Waals surface area contributed by atoms with Crippen LogP contribution in [0, 0.1) is 0 Å². The van der Waals surface area contributed by atoms with Gasteiger partial charge in [-0.2, -0.15) is 0 Å². The number of carbonyl (C=O) groups is 2. The Morgan fingerprint density at radius 1 is 1.29 bits per heavy atom. The second-order valence-corrected chi connectivity index (χ2v) is 5.68. The van der Waals surface area contributed by atoms with E-state index in [2.05, 4.69) is 0 Å². The van der Waals surface area contributed by atoms with Crippen molar-refractivity contribution in [2.75, 3.05) is 13.2 Å². The van der Waals surface area contributed by atoms with E-state index in [1.165, 1.54) is 0 Å². The van der Waals surface area contributed by atoms with Crippen LogP contribution in [0.3, 0.4) is 0 Å². The Morgan fingerprint density at radius 2 is 1.82 bits per heavy atom. The average molecular weight is 241 g/mol. The first kappa shape index (κ1) is 12.4. The SMILES string of the molecule is CC(C)(C)OC(=O)N1C2COC[C@H]1CC(=O)C2.